The third kappa shape index (κ3) is 3.33. The van der Waals surface area contributed by atoms with Crippen LogP contribution in [0.4, 0.5) is 5.69 Å². The molecule has 1 unspecified atom stereocenters. The molecule has 1 aromatic carbocycles. The smallest absolute Gasteiger partial charge is 0.256 e. The number of halogens is 1. The number of carbonyl (C=O) groups is 1. The Morgan fingerprint density at radius 1 is 1.45 bits per heavy atom. The predicted molar refractivity (Wildman–Crippen MR) is 85.8 cm³/mol. The number of nitrogens with zero attached hydrogens (tertiary/aromatic N) is 2. The van der Waals surface area contributed by atoms with Gasteiger partial charge in [0.05, 0.1) is 5.56 Å². The van der Waals surface area contributed by atoms with E-state index in [1.54, 1.807) is 6.07 Å². The van der Waals surface area contributed by atoms with Gasteiger partial charge in [0.25, 0.3) is 5.91 Å². The van der Waals surface area contributed by atoms with E-state index in [4.69, 9.17) is 5.73 Å². The highest BCUT2D eigenvalue weighted by atomic mass is 79.9. The summed E-state index contributed by atoms with van der Waals surface area (Å²) in [6.45, 7) is 4.90. The number of benzene rings is 1. The van der Waals surface area contributed by atoms with Crippen molar-refractivity contribution < 1.29 is 4.79 Å². The summed E-state index contributed by atoms with van der Waals surface area (Å²) in [4.78, 5) is 17.1. The van der Waals surface area contributed by atoms with Crippen molar-refractivity contribution in [2.24, 2.45) is 0 Å². The predicted octanol–water partition coefficient (Wildman–Crippen LogP) is 2.59. The Balaban J connectivity index is 2.27. The molecule has 1 aliphatic heterocycles. The van der Waals surface area contributed by atoms with Crippen molar-refractivity contribution in [1.29, 1.82) is 0 Å². The molecule has 0 aliphatic carbocycles. The van der Waals surface area contributed by atoms with Crippen LogP contribution in [0, 0.1) is 0 Å². The van der Waals surface area contributed by atoms with Crippen molar-refractivity contribution in [1.82, 2.24) is 9.80 Å². The lowest BCUT2D eigenvalue weighted by Crippen LogP contribution is -2.43. The zero-order chi connectivity index (χ0) is 14.7. The number of anilines is 1. The van der Waals surface area contributed by atoms with Crippen LogP contribution in [0.25, 0.3) is 0 Å². The van der Waals surface area contributed by atoms with Gasteiger partial charge in [-0.1, -0.05) is 22.9 Å². The molecule has 1 aliphatic rings. The number of amides is 1. The SMILES string of the molecule is CCC1CN(C)CCCN1C(=O)c1cc(Br)ccc1N. The van der Waals surface area contributed by atoms with Crippen molar-refractivity contribution in [2.75, 3.05) is 32.4 Å². The first-order chi connectivity index (χ1) is 9.52. The number of nitrogen functional groups attached to an aromatic ring is 1. The molecular formula is C15H22BrN3O. The maximum atomic E-state index is 12.8. The fourth-order valence-corrected chi connectivity index (χ4v) is 3.09. The van der Waals surface area contributed by atoms with Crippen LogP contribution in [0.5, 0.6) is 0 Å². The van der Waals surface area contributed by atoms with Gasteiger partial charge >= 0.3 is 0 Å². The highest BCUT2D eigenvalue weighted by Gasteiger charge is 2.27. The van der Waals surface area contributed by atoms with Gasteiger partial charge < -0.3 is 15.5 Å². The molecule has 2 N–H and O–H groups in total. The zero-order valence-corrected chi connectivity index (χ0v) is 13.7. The van der Waals surface area contributed by atoms with E-state index in [-0.39, 0.29) is 11.9 Å². The second-order valence-corrected chi connectivity index (χ2v) is 6.32. The summed E-state index contributed by atoms with van der Waals surface area (Å²) < 4.78 is 0.884. The first-order valence-corrected chi connectivity index (χ1v) is 7.86. The van der Waals surface area contributed by atoms with Gasteiger partial charge in [0.15, 0.2) is 0 Å². The summed E-state index contributed by atoms with van der Waals surface area (Å²) in [7, 11) is 2.12. The number of likely N-dealkylation sites (N-methyl/N-ethyl adjacent to an activating group) is 1. The van der Waals surface area contributed by atoms with E-state index < -0.39 is 0 Å². The van der Waals surface area contributed by atoms with Crippen molar-refractivity contribution in [2.45, 2.75) is 25.8 Å². The van der Waals surface area contributed by atoms with E-state index in [0.717, 1.165) is 36.9 Å². The van der Waals surface area contributed by atoms with Crippen LogP contribution in [0.2, 0.25) is 0 Å². The molecule has 0 aromatic heterocycles. The van der Waals surface area contributed by atoms with E-state index in [1.807, 2.05) is 17.0 Å². The molecule has 5 heteroatoms. The maximum absolute atomic E-state index is 12.8. The average Bonchev–Trinajstić information content (AvgIpc) is 2.62. The van der Waals surface area contributed by atoms with E-state index in [0.29, 0.717) is 11.3 Å². The number of hydrogen-bond donors (Lipinski definition) is 1. The molecule has 0 saturated carbocycles. The van der Waals surface area contributed by atoms with Crippen molar-refractivity contribution in [3.63, 3.8) is 0 Å². The number of rotatable bonds is 2. The average molecular weight is 340 g/mol. The first-order valence-electron chi connectivity index (χ1n) is 7.07. The Morgan fingerprint density at radius 3 is 2.90 bits per heavy atom. The van der Waals surface area contributed by atoms with Crippen LogP contribution < -0.4 is 5.73 Å². The summed E-state index contributed by atoms with van der Waals surface area (Å²) in [6, 6.07) is 5.72. The minimum absolute atomic E-state index is 0.0472. The van der Waals surface area contributed by atoms with Gasteiger partial charge in [-0.25, -0.2) is 0 Å². The minimum Gasteiger partial charge on any atom is -0.398 e. The number of nitrogens with two attached hydrogens (primary N) is 1. The van der Waals surface area contributed by atoms with Gasteiger partial charge in [0.1, 0.15) is 0 Å². The monoisotopic (exact) mass is 339 g/mol. The van der Waals surface area contributed by atoms with E-state index in [9.17, 15) is 4.79 Å². The molecule has 1 aromatic rings. The summed E-state index contributed by atoms with van der Waals surface area (Å²) in [6.07, 6.45) is 1.97. The lowest BCUT2D eigenvalue weighted by Gasteiger charge is -2.30. The Labute approximate surface area is 129 Å². The maximum Gasteiger partial charge on any atom is 0.256 e. The van der Waals surface area contributed by atoms with E-state index in [2.05, 4.69) is 34.8 Å². The van der Waals surface area contributed by atoms with Crippen molar-refractivity contribution >= 4 is 27.5 Å². The zero-order valence-electron chi connectivity index (χ0n) is 12.1. The minimum atomic E-state index is 0.0472. The number of carbonyl (C=O) groups excluding carboxylic acids is 1. The largest absolute Gasteiger partial charge is 0.398 e. The summed E-state index contributed by atoms with van der Waals surface area (Å²) in [5.74, 6) is 0.0472. The molecule has 0 spiro atoms. The molecule has 110 valence electrons. The molecule has 1 amide bonds. The third-order valence-electron chi connectivity index (χ3n) is 3.88. The number of hydrogen-bond acceptors (Lipinski definition) is 3. The molecule has 0 radical (unpaired) electrons. The molecule has 1 heterocycles. The van der Waals surface area contributed by atoms with Crippen LogP contribution in [0.3, 0.4) is 0 Å². The molecule has 1 fully saturated rings. The van der Waals surface area contributed by atoms with Gasteiger partial charge in [0, 0.05) is 29.3 Å². The molecule has 1 atom stereocenters. The second kappa shape index (κ2) is 6.59. The molecule has 2 rings (SSSR count). The van der Waals surface area contributed by atoms with Crippen LogP contribution in [-0.4, -0.2) is 48.4 Å². The summed E-state index contributed by atoms with van der Waals surface area (Å²) >= 11 is 3.41. The van der Waals surface area contributed by atoms with Gasteiger partial charge in [-0.05, 0) is 44.6 Å². The van der Waals surface area contributed by atoms with Crippen molar-refractivity contribution in [3.05, 3.63) is 28.2 Å². The Bertz CT molecular complexity index is 492. The lowest BCUT2D eigenvalue weighted by molar-refractivity contribution is 0.0677. The van der Waals surface area contributed by atoms with E-state index in [1.165, 1.54) is 0 Å². The molecule has 4 nitrogen and oxygen atoms in total. The van der Waals surface area contributed by atoms with E-state index >= 15 is 0 Å². The van der Waals surface area contributed by atoms with Crippen LogP contribution in [0.15, 0.2) is 22.7 Å². The van der Waals surface area contributed by atoms with Crippen LogP contribution >= 0.6 is 15.9 Å². The highest BCUT2D eigenvalue weighted by molar-refractivity contribution is 9.10. The van der Waals surface area contributed by atoms with Crippen LogP contribution in [0.1, 0.15) is 30.1 Å². The standard InChI is InChI=1S/C15H22BrN3O/c1-3-12-10-18(2)7-4-8-19(12)15(20)13-9-11(16)5-6-14(13)17/h5-6,9,12H,3-4,7-8,10,17H2,1-2H3. The lowest BCUT2D eigenvalue weighted by atomic mass is 10.1. The van der Waals surface area contributed by atoms with Crippen molar-refractivity contribution in [3.8, 4) is 0 Å². The van der Waals surface area contributed by atoms with Gasteiger partial charge in [-0.15, -0.1) is 0 Å². The van der Waals surface area contributed by atoms with Gasteiger partial charge in [-0.3, -0.25) is 4.79 Å². The normalized spacial score (nSPS) is 20.8. The van der Waals surface area contributed by atoms with Gasteiger partial charge in [0.2, 0.25) is 0 Å². The Morgan fingerprint density at radius 2 is 2.20 bits per heavy atom. The summed E-state index contributed by atoms with van der Waals surface area (Å²) in [5, 5.41) is 0. The molecule has 0 bridgehead atoms. The highest BCUT2D eigenvalue weighted by Crippen LogP contribution is 2.23. The Kier molecular flexibility index (Phi) is 5.05. The molecule has 1 saturated heterocycles. The quantitative estimate of drug-likeness (QED) is 0.842. The first kappa shape index (κ1) is 15.3. The van der Waals surface area contributed by atoms with Crippen LogP contribution in [-0.2, 0) is 0 Å². The summed E-state index contributed by atoms with van der Waals surface area (Å²) in [5.41, 5.74) is 7.12. The van der Waals surface area contributed by atoms with Gasteiger partial charge in [-0.2, -0.15) is 0 Å². The molecular weight excluding hydrogens is 318 g/mol. The fourth-order valence-electron chi connectivity index (χ4n) is 2.73. The molecule has 20 heavy (non-hydrogen) atoms. The second-order valence-electron chi connectivity index (χ2n) is 5.41. The topological polar surface area (TPSA) is 49.6 Å². The third-order valence-corrected chi connectivity index (χ3v) is 4.37. The Hall–Kier alpha value is -1.07. The fraction of sp³-hybridized carbons (Fsp3) is 0.533.